The summed E-state index contributed by atoms with van der Waals surface area (Å²) in [6.45, 7) is 5.43. The number of halogens is 9. The summed E-state index contributed by atoms with van der Waals surface area (Å²) in [5.41, 5.74) is 39.3. The highest BCUT2D eigenvalue weighted by atomic mass is 79.9. The predicted octanol–water partition coefficient (Wildman–Crippen LogP) is 27.2. The predicted molar refractivity (Wildman–Crippen MR) is 575 cm³/mol. The molecule has 668 valence electrons. The largest absolute Gasteiger partial charge is 0.507 e. The molecule has 1 amide bonds. The van der Waals surface area contributed by atoms with Crippen LogP contribution in [0.3, 0.4) is 0 Å². The topological polar surface area (TPSA) is 266 Å². The highest BCUT2D eigenvalue weighted by Crippen LogP contribution is 2.50. The number of aromatic amines is 5. The number of nitrogens with zero attached hydrogens (tertiary/aromatic N) is 5. The van der Waals surface area contributed by atoms with Crippen molar-refractivity contribution in [1.29, 1.82) is 0 Å². The Morgan fingerprint density at radius 1 is 0.579 bits per heavy atom. The first kappa shape index (κ1) is 91.1. The molecule has 17 aromatic rings. The Kier molecular flexibility index (Phi) is 26.6. The number of aromatic nitrogens is 7. The second-order valence-electron chi connectivity index (χ2n) is 34.1. The summed E-state index contributed by atoms with van der Waals surface area (Å²) >= 11 is 33.4. The number of phenolic OH excluding ortho intramolecular Hbond substituents is 1. The van der Waals surface area contributed by atoms with Gasteiger partial charge in [0.2, 0.25) is 5.91 Å². The van der Waals surface area contributed by atoms with E-state index in [4.69, 9.17) is 15.7 Å². The molecule has 0 bridgehead atoms. The highest BCUT2D eigenvalue weighted by Gasteiger charge is 2.37. The van der Waals surface area contributed by atoms with Crippen LogP contribution in [0.5, 0.6) is 5.75 Å². The van der Waals surface area contributed by atoms with Gasteiger partial charge in [0.25, 0.3) is 0 Å². The van der Waals surface area contributed by atoms with Crippen LogP contribution in [0.1, 0.15) is 111 Å². The number of carbonyl (C=O) groups is 3. The molecule has 24 rings (SSSR count). The molecule has 7 aromatic heterocycles. The number of hydrogen-bond acceptors (Lipinski definition) is 13. The molecule has 18 nitrogen and oxygen atoms in total. The van der Waals surface area contributed by atoms with Crippen molar-refractivity contribution in [3.05, 3.63) is 332 Å². The summed E-state index contributed by atoms with van der Waals surface area (Å²) in [5.74, 6) is 0.940. The average molecular weight is 2360 g/mol. The maximum atomic E-state index is 12.9. The average Bonchev–Trinajstić information content (AvgIpc) is 1.40. The van der Waals surface area contributed by atoms with Gasteiger partial charge in [0.05, 0.1) is 31.9 Å². The van der Waals surface area contributed by atoms with E-state index >= 15 is 0 Å². The number of thiazole rings is 1. The molecular formula is C105H85Br9N14O4S. The van der Waals surface area contributed by atoms with Crippen molar-refractivity contribution in [2.75, 3.05) is 45.1 Å². The van der Waals surface area contributed by atoms with Crippen LogP contribution < -0.4 is 21.7 Å². The lowest BCUT2D eigenvalue weighted by atomic mass is 9.85. The molecule has 133 heavy (non-hydrogen) atoms. The van der Waals surface area contributed by atoms with E-state index in [1.54, 1.807) is 17.4 Å². The van der Waals surface area contributed by atoms with Gasteiger partial charge in [-0.15, -0.1) is 11.3 Å². The number of benzene rings is 10. The summed E-state index contributed by atoms with van der Waals surface area (Å²) in [7, 11) is 2.19. The first-order chi connectivity index (χ1) is 64.6. The minimum Gasteiger partial charge on any atom is -0.507 e. The zero-order valence-corrected chi connectivity index (χ0v) is 86.8. The lowest BCUT2D eigenvalue weighted by molar-refractivity contribution is -0.120. The fourth-order valence-electron chi connectivity index (χ4n) is 19.9. The van der Waals surface area contributed by atoms with Crippen molar-refractivity contribution in [2.45, 2.75) is 82.3 Å². The molecule has 0 spiro atoms. The Morgan fingerprint density at radius 3 is 1.74 bits per heavy atom. The van der Waals surface area contributed by atoms with Crippen LogP contribution in [0.25, 0.3) is 103 Å². The van der Waals surface area contributed by atoms with Crippen LogP contribution >= 0.6 is 155 Å². The van der Waals surface area contributed by atoms with E-state index in [9.17, 15) is 19.5 Å². The number of Topliss-reactive ketones (excluding diaryl/α,β-unsaturated/α-hetero) is 2. The van der Waals surface area contributed by atoms with Crippen molar-refractivity contribution in [3.8, 4) is 16.9 Å². The SMILES string of the molecule is CCC(=O)NCCc1c2c3c(ccnc3c3ncsc13)-c1ccccc1N2.CN1C[C@H](c2c[nH]c3c(Br)c(Br)cc(O)c23)NC[C@H]1C1=CCc2cc(Br)ccc21.NCC(c1c[nH]c2cc(Br)ccc12)c1c[nH]c2cc(Br)ccc12.O=C1CC(C2=CCc3cc(Br)ccc32)CN=C1c1c[nH]c2cc(Br)ccc12.O=C1CCC(C2=CCc3cc(Br)ccc32)N=C1c1c[nH]c2cc(Br)ccc12. The van der Waals surface area contributed by atoms with Gasteiger partial charge in [-0.3, -0.25) is 34.3 Å². The first-order valence-electron chi connectivity index (χ1n) is 43.9. The number of para-hydroxylation sites is 1. The first-order valence-corrected chi connectivity index (χ1v) is 51.9. The van der Waals surface area contributed by atoms with Crippen molar-refractivity contribution in [2.24, 2.45) is 21.6 Å². The number of carbonyl (C=O) groups excluding carboxylic acids is 3. The summed E-state index contributed by atoms with van der Waals surface area (Å²) in [6.07, 6.45) is 24.7. The van der Waals surface area contributed by atoms with E-state index in [2.05, 4.69) is 352 Å². The van der Waals surface area contributed by atoms with Gasteiger partial charge in [0, 0.05) is 226 Å². The number of nitrogens with one attached hydrogen (secondary N) is 8. The van der Waals surface area contributed by atoms with Gasteiger partial charge in [-0.2, -0.15) is 0 Å². The molecule has 3 aliphatic carbocycles. The van der Waals surface area contributed by atoms with E-state index in [0.717, 1.165) is 178 Å². The van der Waals surface area contributed by atoms with Crippen molar-refractivity contribution >= 4 is 287 Å². The molecule has 4 aliphatic heterocycles. The number of ketones is 2. The van der Waals surface area contributed by atoms with Gasteiger partial charge in [0.15, 0.2) is 11.6 Å². The number of H-pyrrole nitrogens is 5. The van der Waals surface area contributed by atoms with Crippen molar-refractivity contribution in [3.63, 3.8) is 0 Å². The maximum Gasteiger partial charge on any atom is 0.219 e. The number of piperazine rings is 1. The molecule has 1 saturated heterocycles. The second-order valence-corrected chi connectivity index (χ2v) is 43.0. The Morgan fingerprint density at radius 2 is 1.14 bits per heavy atom. The van der Waals surface area contributed by atoms with Crippen LogP contribution in [0.15, 0.2) is 275 Å². The molecule has 11 N–H and O–H groups in total. The number of pyridine rings is 1. The van der Waals surface area contributed by atoms with Crippen LogP contribution in [0.2, 0.25) is 0 Å². The molecule has 1 fully saturated rings. The number of fused-ring (bicyclic) bond motifs is 12. The second kappa shape index (κ2) is 38.9. The van der Waals surface area contributed by atoms with Crippen molar-refractivity contribution in [1.82, 2.24) is 50.4 Å². The van der Waals surface area contributed by atoms with E-state index in [1.165, 1.54) is 88.7 Å². The quantitative estimate of drug-likeness (QED) is 0.0522. The molecule has 2 unspecified atom stereocenters. The van der Waals surface area contributed by atoms with Gasteiger partial charge in [-0.25, -0.2) is 4.98 Å². The third kappa shape index (κ3) is 18.1. The molecule has 7 aliphatic rings. The fourth-order valence-corrected chi connectivity index (χ4v) is 24.3. The number of nitrogens with two attached hydrogens (primary N) is 1. The lowest BCUT2D eigenvalue weighted by Gasteiger charge is -2.39. The van der Waals surface area contributed by atoms with Crippen LogP contribution in [-0.2, 0) is 40.1 Å². The van der Waals surface area contributed by atoms with Gasteiger partial charge >= 0.3 is 0 Å². The number of aromatic hydroxyl groups is 1. The van der Waals surface area contributed by atoms with Gasteiger partial charge in [0.1, 0.15) is 28.2 Å². The fraction of sp³-hybridized carbons (Fsp3) is 0.190. The number of rotatable bonds is 13. The standard InChI is InChI=1S/C22H20Br3N3O.2C22H16Br2N2O.C21H18N4OS.C18H15Br2N3/c1-28-10-17(15-8-27-22-20(15)19(29)7-16(24)21(22)25)26-9-18(28)14-4-2-11-6-12(23)3-5-13(11)14;23-14-2-5-16-12(7-14)1-4-17(16)13-8-21(27)22(26-10-13)19-11-25-20-9-15(24)3-6-18(19)20;23-13-2-5-15-12(9-13)1-4-16(15)19-7-8-21(27)22(26-19)18-11-25-20-10-14(24)3-6-17(18)20;1-2-16(26)22-9-8-14-18-17-13(12-5-3-4-6-15(12)25-18)7-10-23-19(17)20-21(14)27-11-24-20;19-10-1-3-12-15(8-22-17(12)5-10)14(7-21)16-9-23-18-6-11(20)2-4-13(16)18/h3-8,17-18,26-27,29H,2,9-10H2,1H3;2-7,9,11,13,25H,1,8,10H2;2-6,9-11,19,25H,1,7-8H2;3-7,10-11,25H,2,8-9H2,1H3,(H,22,26);1-6,8-9,14,22-23H,7,21H2/t17-,18+;;;;/m1..../s1. The van der Waals surface area contributed by atoms with E-state index in [-0.39, 0.29) is 47.1 Å². The third-order valence-electron chi connectivity index (χ3n) is 26.3. The highest BCUT2D eigenvalue weighted by molar-refractivity contribution is 9.13. The summed E-state index contributed by atoms with van der Waals surface area (Å²) in [5, 5.41) is 27.4. The molecule has 11 heterocycles. The summed E-state index contributed by atoms with van der Waals surface area (Å²) in [6, 6.07) is 56.8. The molecule has 4 atom stereocenters. The number of amides is 1. The Balaban J connectivity index is 0.000000104. The Labute approximate surface area is 846 Å². The molecular weight excluding hydrogens is 2270 g/mol. The van der Waals surface area contributed by atoms with E-state index in [1.807, 2.05) is 79.7 Å². The van der Waals surface area contributed by atoms with Crippen LogP contribution in [0.4, 0.5) is 11.4 Å². The summed E-state index contributed by atoms with van der Waals surface area (Å²) < 4.78 is 10.4. The number of phenols is 1. The number of aliphatic imine (C=N–C) groups is 2. The van der Waals surface area contributed by atoms with E-state index < -0.39 is 0 Å². The smallest absolute Gasteiger partial charge is 0.219 e. The lowest BCUT2D eigenvalue weighted by Crippen LogP contribution is -2.51. The zero-order valence-electron chi connectivity index (χ0n) is 71.7. The monoisotopic (exact) mass is 2350 g/mol. The molecule has 0 radical (unpaired) electrons. The van der Waals surface area contributed by atoms with Gasteiger partial charge in [-0.05, 0) is 252 Å². The molecule has 28 heteroatoms. The number of allylic oxidation sites excluding steroid dienone is 3. The summed E-state index contributed by atoms with van der Waals surface area (Å²) in [4.78, 5) is 75.2. The van der Waals surface area contributed by atoms with Gasteiger partial charge < -0.3 is 51.7 Å². The number of hydrogen-bond donors (Lipinski definition) is 10. The zero-order chi connectivity index (χ0) is 91.7. The Bertz CT molecular complexity index is 7680. The minimum absolute atomic E-state index is 0.0422. The van der Waals surface area contributed by atoms with Gasteiger partial charge in [-0.1, -0.05) is 197 Å². The Hall–Kier alpha value is -9.63. The molecule has 10 aromatic carbocycles. The normalized spacial score (nSPS) is 17.1. The maximum absolute atomic E-state index is 12.9. The number of likely N-dealkylation sites (N-methyl/N-ethyl adjacent to an activating group) is 1. The van der Waals surface area contributed by atoms with Crippen molar-refractivity contribution < 1.29 is 19.5 Å². The minimum atomic E-state index is 0.0422. The third-order valence-corrected chi connectivity index (χ3v) is 32.6. The van der Waals surface area contributed by atoms with Crippen LogP contribution in [0, 0.1) is 5.92 Å². The molecule has 0 saturated carbocycles. The van der Waals surface area contributed by atoms with Crippen LogP contribution in [-0.4, -0.2) is 126 Å². The van der Waals surface area contributed by atoms with E-state index in [0.29, 0.717) is 56.4 Å². The number of anilines is 2.